The van der Waals surface area contributed by atoms with E-state index in [0.717, 1.165) is 5.52 Å². The van der Waals surface area contributed by atoms with Crippen molar-refractivity contribution in [3.63, 3.8) is 0 Å². The lowest BCUT2D eigenvalue weighted by molar-refractivity contribution is -0.126. The molecule has 156 valence electrons. The number of hydrogen-bond donors (Lipinski definition) is 1. The van der Waals surface area contributed by atoms with Gasteiger partial charge < -0.3 is 9.88 Å². The summed E-state index contributed by atoms with van der Waals surface area (Å²) in [6.45, 7) is 1.69. The summed E-state index contributed by atoms with van der Waals surface area (Å²) < 4.78 is 39.7. The minimum absolute atomic E-state index is 0.0369. The van der Waals surface area contributed by atoms with Crippen LogP contribution in [-0.2, 0) is 14.6 Å². The monoisotopic (exact) mass is 428 g/mol. The second-order valence-corrected chi connectivity index (χ2v) is 9.76. The van der Waals surface area contributed by atoms with Crippen LogP contribution in [0.4, 0.5) is 4.39 Å². The number of benzene rings is 2. The minimum atomic E-state index is -3.68. The largest absolute Gasteiger partial charge is 0.358 e. The highest BCUT2D eigenvalue weighted by Crippen LogP contribution is 2.31. The van der Waals surface area contributed by atoms with Gasteiger partial charge in [-0.2, -0.15) is 0 Å². The third-order valence-electron chi connectivity index (χ3n) is 5.59. The third kappa shape index (κ3) is 3.52. The fourth-order valence-corrected chi connectivity index (χ4v) is 5.85. The maximum absolute atomic E-state index is 14.2. The Morgan fingerprint density at radius 3 is 2.53 bits per heavy atom. The van der Waals surface area contributed by atoms with Gasteiger partial charge in [-0.1, -0.05) is 36.4 Å². The van der Waals surface area contributed by atoms with Crippen LogP contribution >= 0.6 is 0 Å². The van der Waals surface area contributed by atoms with Gasteiger partial charge in [0.2, 0.25) is 0 Å². The zero-order valence-electron chi connectivity index (χ0n) is 16.4. The molecule has 3 aromatic rings. The van der Waals surface area contributed by atoms with Crippen LogP contribution in [0.1, 0.15) is 33.3 Å². The molecule has 1 N–H and O–H groups in total. The Bertz CT molecular complexity index is 1250. The molecule has 4 rings (SSSR count). The third-order valence-corrected chi connectivity index (χ3v) is 7.70. The number of sulfone groups is 1. The fraction of sp³-hybridized carbons (Fsp3) is 0.273. The normalized spacial score (nSPS) is 18.9. The van der Waals surface area contributed by atoms with Gasteiger partial charge in [-0.3, -0.25) is 9.59 Å². The van der Waals surface area contributed by atoms with E-state index >= 15 is 0 Å². The molecule has 1 aliphatic heterocycles. The summed E-state index contributed by atoms with van der Waals surface area (Å²) >= 11 is 0. The Hall–Kier alpha value is -3.00. The number of carbonyl (C=O) groups is 2. The number of hydrogen-bond acceptors (Lipinski definition) is 4. The molecule has 1 aliphatic rings. The predicted octanol–water partition coefficient (Wildman–Crippen LogP) is 3.19. The maximum atomic E-state index is 14.2. The number of nitrogens with zero attached hydrogens (tertiary/aromatic N) is 1. The van der Waals surface area contributed by atoms with Crippen molar-refractivity contribution in [1.82, 2.24) is 9.88 Å². The first-order valence-electron chi connectivity index (χ1n) is 9.66. The number of aryl methyl sites for hydroxylation is 1. The predicted molar refractivity (Wildman–Crippen MR) is 111 cm³/mol. The van der Waals surface area contributed by atoms with Gasteiger partial charge >= 0.3 is 0 Å². The summed E-state index contributed by atoms with van der Waals surface area (Å²) in [7, 11) is -3.68. The first-order valence-corrected chi connectivity index (χ1v) is 11.4. The number of amides is 1. The Balaban J connectivity index is 1.61. The van der Waals surface area contributed by atoms with Crippen LogP contribution in [0.15, 0.2) is 48.5 Å². The van der Waals surface area contributed by atoms with E-state index in [0.29, 0.717) is 16.6 Å². The number of aromatic nitrogens is 1. The van der Waals surface area contributed by atoms with E-state index < -0.39 is 32.6 Å². The standard InChI is InChI=1S/C22H21FN2O4S/c1-14-20(16-7-3-5-9-18(16)24-14)21(26)22(27)25-11-10-19(30(28,29)13-12-25)15-6-2-4-8-17(15)23/h2-9,19,24H,10-13H2,1H3. The molecule has 0 aliphatic carbocycles. The quantitative estimate of drug-likeness (QED) is 0.513. The molecule has 2 heterocycles. The molecular weight excluding hydrogens is 407 g/mol. The van der Waals surface area contributed by atoms with Crippen LogP contribution < -0.4 is 0 Å². The Morgan fingerprint density at radius 2 is 1.77 bits per heavy atom. The molecule has 30 heavy (non-hydrogen) atoms. The molecule has 1 amide bonds. The summed E-state index contributed by atoms with van der Waals surface area (Å²) in [5.41, 5.74) is 1.74. The van der Waals surface area contributed by atoms with Gasteiger partial charge in [0.25, 0.3) is 11.7 Å². The van der Waals surface area contributed by atoms with Crippen molar-refractivity contribution in [1.29, 1.82) is 0 Å². The van der Waals surface area contributed by atoms with Crippen LogP contribution in [0, 0.1) is 12.7 Å². The van der Waals surface area contributed by atoms with E-state index in [1.54, 1.807) is 25.1 Å². The van der Waals surface area contributed by atoms with Crippen molar-refractivity contribution in [2.24, 2.45) is 0 Å². The summed E-state index contributed by atoms with van der Waals surface area (Å²) in [6.07, 6.45) is 0.0369. The molecule has 1 fully saturated rings. The van der Waals surface area contributed by atoms with Gasteiger partial charge in [0, 0.05) is 35.2 Å². The smallest absolute Gasteiger partial charge is 0.295 e. The van der Waals surface area contributed by atoms with Crippen LogP contribution in [0.3, 0.4) is 0 Å². The number of para-hydroxylation sites is 1. The molecule has 2 aromatic carbocycles. The summed E-state index contributed by atoms with van der Waals surface area (Å²) in [5, 5.41) is -0.388. The Morgan fingerprint density at radius 1 is 1.07 bits per heavy atom. The first kappa shape index (κ1) is 20.3. The first-order chi connectivity index (χ1) is 14.3. The lowest BCUT2D eigenvalue weighted by Gasteiger charge is -2.19. The molecule has 6 nitrogen and oxygen atoms in total. The van der Waals surface area contributed by atoms with Gasteiger partial charge in [-0.15, -0.1) is 0 Å². The number of ketones is 1. The van der Waals surface area contributed by atoms with Crippen molar-refractivity contribution < 1.29 is 22.4 Å². The molecule has 1 saturated heterocycles. The van der Waals surface area contributed by atoms with Gasteiger partial charge in [0.15, 0.2) is 9.84 Å². The number of H-pyrrole nitrogens is 1. The number of rotatable bonds is 3. The van der Waals surface area contributed by atoms with E-state index in [4.69, 9.17) is 0 Å². The zero-order chi connectivity index (χ0) is 21.5. The average molecular weight is 428 g/mol. The molecular formula is C22H21FN2O4S. The number of halogens is 1. The molecule has 0 bridgehead atoms. The van der Waals surface area contributed by atoms with Crippen molar-refractivity contribution in [3.05, 3.63) is 71.2 Å². The van der Waals surface area contributed by atoms with E-state index in [9.17, 15) is 22.4 Å². The van der Waals surface area contributed by atoms with Crippen LogP contribution in [0.2, 0.25) is 0 Å². The maximum Gasteiger partial charge on any atom is 0.295 e. The summed E-state index contributed by atoms with van der Waals surface area (Å²) in [4.78, 5) is 30.3. The fourth-order valence-electron chi connectivity index (χ4n) is 4.05. The second-order valence-electron chi connectivity index (χ2n) is 7.46. The van der Waals surface area contributed by atoms with Gasteiger partial charge in [-0.25, -0.2) is 12.8 Å². The van der Waals surface area contributed by atoms with Crippen molar-refractivity contribution in [2.75, 3.05) is 18.8 Å². The summed E-state index contributed by atoms with van der Waals surface area (Å²) in [5.74, 6) is -2.33. The van der Waals surface area contributed by atoms with E-state index in [1.165, 1.54) is 23.1 Å². The van der Waals surface area contributed by atoms with E-state index in [1.807, 2.05) is 12.1 Å². The van der Waals surface area contributed by atoms with Crippen molar-refractivity contribution in [3.8, 4) is 0 Å². The van der Waals surface area contributed by atoms with Crippen molar-refractivity contribution in [2.45, 2.75) is 18.6 Å². The Kier molecular flexibility index (Phi) is 5.19. The molecule has 1 aromatic heterocycles. The number of nitrogens with one attached hydrogen (secondary N) is 1. The topological polar surface area (TPSA) is 87.3 Å². The van der Waals surface area contributed by atoms with Crippen LogP contribution in [-0.4, -0.2) is 48.8 Å². The number of carbonyl (C=O) groups excluding carboxylic acids is 2. The molecule has 1 unspecified atom stereocenters. The highest BCUT2D eigenvalue weighted by molar-refractivity contribution is 7.91. The Labute approximate surface area is 173 Å². The number of Topliss-reactive ketones (excluding diaryl/α,β-unsaturated/α-hetero) is 1. The van der Waals surface area contributed by atoms with Crippen LogP contribution in [0.25, 0.3) is 10.9 Å². The van der Waals surface area contributed by atoms with E-state index in [2.05, 4.69) is 4.98 Å². The minimum Gasteiger partial charge on any atom is -0.358 e. The lowest BCUT2D eigenvalue weighted by atomic mass is 10.0. The van der Waals surface area contributed by atoms with Crippen LogP contribution in [0.5, 0.6) is 0 Å². The summed E-state index contributed by atoms with van der Waals surface area (Å²) in [6, 6.07) is 13.0. The molecule has 8 heteroatoms. The molecule has 0 spiro atoms. The van der Waals surface area contributed by atoms with Gasteiger partial charge in [0.05, 0.1) is 16.6 Å². The van der Waals surface area contributed by atoms with Gasteiger partial charge in [0.1, 0.15) is 5.82 Å². The average Bonchev–Trinajstić information content (AvgIpc) is 2.97. The van der Waals surface area contributed by atoms with Crippen molar-refractivity contribution >= 4 is 32.4 Å². The highest BCUT2D eigenvalue weighted by atomic mass is 32.2. The van der Waals surface area contributed by atoms with Gasteiger partial charge in [-0.05, 0) is 25.5 Å². The highest BCUT2D eigenvalue weighted by Gasteiger charge is 2.36. The lowest BCUT2D eigenvalue weighted by Crippen LogP contribution is -2.38. The SMILES string of the molecule is Cc1[nH]c2ccccc2c1C(=O)C(=O)N1CCC(c2ccccc2F)S(=O)(=O)CC1. The molecule has 0 radical (unpaired) electrons. The van der Waals surface area contributed by atoms with E-state index in [-0.39, 0.29) is 30.8 Å². The number of fused-ring (bicyclic) bond motifs is 1. The number of aromatic amines is 1. The second kappa shape index (κ2) is 7.68. The molecule has 0 saturated carbocycles. The molecule has 1 atom stereocenters. The zero-order valence-corrected chi connectivity index (χ0v) is 17.2.